The number of carbonyl (C=O) groups excluding carboxylic acids is 1. The molecule has 0 fully saturated rings. The average molecular weight is 365 g/mol. The van der Waals surface area contributed by atoms with Crippen LogP contribution < -0.4 is 10.6 Å². The second-order valence-electron chi connectivity index (χ2n) is 6.36. The van der Waals surface area contributed by atoms with Crippen molar-refractivity contribution in [2.75, 3.05) is 13.1 Å². The topological polar surface area (TPSA) is 41.1 Å². The van der Waals surface area contributed by atoms with Crippen molar-refractivity contribution in [2.45, 2.75) is 18.9 Å². The van der Waals surface area contributed by atoms with Gasteiger partial charge in [-0.1, -0.05) is 73.7 Å². The number of thiophene rings is 1. The van der Waals surface area contributed by atoms with E-state index in [0.29, 0.717) is 19.0 Å². The van der Waals surface area contributed by atoms with E-state index in [1.807, 2.05) is 42.5 Å². The summed E-state index contributed by atoms with van der Waals surface area (Å²) in [6.45, 7) is 3.06. The third kappa shape index (κ3) is 5.04. The van der Waals surface area contributed by atoms with Crippen LogP contribution >= 0.6 is 11.3 Å². The molecule has 0 aliphatic rings. The minimum atomic E-state index is 0.0188. The quantitative estimate of drug-likeness (QED) is 0.624. The molecule has 1 amide bonds. The Morgan fingerprint density at radius 3 is 2.19 bits per heavy atom. The SMILES string of the molecule is C[C@@H](CNC(=O)CN[C@@H](c1ccccc1)c1cccs1)c1ccccc1. The van der Waals surface area contributed by atoms with Crippen molar-refractivity contribution >= 4 is 17.2 Å². The fraction of sp³-hybridized carbons (Fsp3) is 0.227. The second-order valence-corrected chi connectivity index (χ2v) is 7.34. The van der Waals surface area contributed by atoms with Crippen LogP contribution in [0.4, 0.5) is 0 Å². The molecule has 0 aliphatic heterocycles. The third-order valence-corrected chi connectivity index (χ3v) is 5.34. The van der Waals surface area contributed by atoms with Crippen LogP contribution in [0.15, 0.2) is 78.2 Å². The van der Waals surface area contributed by atoms with E-state index in [2.05, 4.69) is 53.3 Å². The maximum absolute atomic E-state index is 12.3. The molecule has 0 aliphatic carbocycles. The number of rotatable bonds is 8. The van der Waals surface area contributed by atoms with Crippen molar-refractivity contribution < 1.29 is 4.79 Å². The number of amides is 1. The van der Waals surface area contributed by atoms with Crippen molar-refractivity contribution in [1.29, 1.82) is 0 Å². The summed E-state index contributed by atoms with van der Waals surface area (Å²) in [7, 11) is 0. The van der Waals surface area contributed by atoms with Crippen LogP contribution in [0.1, 0.15) is 34.9 Å². The highest BCUT2D eigenvalue weighted by Crippen LogP contribution is 2.25. The summed E-state index contributed by atoms with van der Waals surface area (Å²) in [6, 6.07) is 24.7. The maximum atomic E-state index is 12.3. The molecule has 0 radical (unpaired) electrons. The van der Waals surface area contributed by atoms with E-state index in [4.69, 9.17) is 0 Å². The number of hydrogen-bond donors (Lipinski definition) is 2. The lowest BCUT2D eigenvalue weighted by atomic mass is 10.0. The lowest BCUT2D eigenvalue weighted by Crippen LogP contribution is -2.37. The summed E-state index contributed by atoms with van der Waals surface area (Å²) in [5.74, 6) is 0.313. The molecule has 4 heteroatoms. The lowest BCUT2D eigenvalue weighted by Gasteiger charge is -2.19. The van der Waals surface area contributed by atoms with Gasteiger partial charge in [-0.05, 0) is 28.5 Å². The Morgan fingerprint density at radius 2 is 1.58 bits per heavy atom. The molecule has 0 saturated carbocycles. The highest BCUT2D eigenvalue weighted by atomic mass is 32.1. The van der Waals surface area contributed by atoms with E-state index in [0.717, 1.165) is 0 Å². The largest absolute Gasteiger partial charge is 0.354 e. The molecule has 3 nitrogen and oxygen atoms in total. The lowest BCUT2D eigenvalue weighted by molar-refractivity contribution is -0.120. The second kappa shape index (κ2) is 9.32. The minimum absolute atomic E-state index is 0.0188. The van der Waals surface area contributed by atoms with Crippen molar-refractivity contribution in [1.82, 2.24) is 10.6 Å². The van der Waals surface area contributed by atoms with Gasteiger partial charge in [-0.2, -0.15) is 0 Å². The Kier molecular flexibility index (Phi) is 6.58. The molecule has 3 rings (SSSR count). The van der Waals surface area contributed by atoms with Crippen LogP contribution in [-0.4, -0.2) is 19.0 Å². The van der Waals surface area contributed by atoms with Crippen LogP contribution in [0.25, 0.3) is 0 Å². The van der Waals surface area contributed by atoms with Crippen LogP contribution in [0.3, 0.4) is 0 Å². The van der Waals surface area contributed by atoms with Gasteiger partial charge >= 0.3 is 0 Å². The van der Waals surface area contributed by atoms with Crippen molar-refractivity contribution in [3.05, 3.63) is 94.2 Å². The Hall–Kier alpha value is -2.43. The predicted octanol–water partition coefficient (Wildman–Crippen LogP) is 4.35. The van der Waals surface area contributed by atoms with Crippen LogP contribution in [0, 0.1) is 0 Å². The highest BCUT2D eigenvalue weighted by molar-refractivity contribution is 7.10. The number of hydrogen-bond acceptors (Lipinski definition) is 3. The minimum Gasteiger partial charge on any atom is -0.354 e. The first-order valence-corrected chi connectivity index (χ1v) is 9.75. The van der Waals surface area contributed by atoms with Gasteiger partial charge in [-0.3, -0.25) is 10.1 Å². The molecular weight excluding hydrogens is 340 g/mol. The summed E-state index contributed by atoms with van der Waals surface area (Å²) in [4.78, 5) is 13.5. The molecule has 2 aromatic carbocycles. The zero-order valence-electron chi connectivity index (χ0n) is 14.9. The monoisotopic (exact) mass is 364 g/mol. The predicted molar refractivity (Wildman–Crippen MR) is 108 cm³/mol. The van der Waals surface area contributed by atoms with E-state index in [9.17, 15) is 4.79 Å². The molecule has 0 bridgehead atoms. The Morgan fingerprint density at radius 1 is 0.923 bits per heavy atom. The molecule has 3 aromatic rings. The van der Waals surface area contributed by atoms with Gasteiger partial charge in [0.2, 0.25) is 5.91 Å². The van der Waals surface area contributed by atoms with Gasteiger partial charge in [-0.25, -0.2) is 0 Å². The van der Waals surface area contributed by atoms with E-state index in [1.165, 1.54) is 16.0 Å². The zero-order chi connectivity index (χ0) is 18.2. The summed E-state index contributed by atoms with van der Waals surface area (Å²) < 4.78 is 0. The van der Waals surface area contributed by atoms with Crippen molar-refractivity contribution in [2.24, 2.45) is 0 Å². The molecule has 134 valence electrons. The van der Waals surface area contributed by atoms with E-state index in [1.54, 1.807) is 11.3 Å². The Bertz CT molecular complexity index is 788. The van der Waals surface area contributed by atoms with Gasteiger partial charge < -0.3 is 5.32 Å². The van der Waals surface area contributed by atoms with Crippen LogP contribution in [0.5, 0.6) is 0 Å². The Balaban J connectivity index is 1.55. The summed E-state index contributed by atoms with van der Waals surface area (Å²) in [6.07, 6.45) is 0. The van der Waals surface area contributed by atoms with Crippen LogP contribution in [-0.2, 0) is 4.79 Å². The van der Waals surface area contributed by atoms with Crippen molar-refractivity contribution in [3.8, 4) is 0 Å². The van der Waals surface area contributed by atoms with Gasteiger partial charge in [0.15, 0.2) is 0 Å². The standard InChI is InChI=1S/C22H24N2OS/c1-17(18-9-4-2-5-10-18)15-23-21(25)16-24-22(20-13-8-14-26-20)19-11-6-3-7-12-19/h2-14,17,22,24H,15-16H2,1H3,(H,23,25)/t17-,22-/m0/s1. The van der Waals surface area contributed by atoms with Gasteiger partial charge in [0.05, 0.1) is 12.6 Å². The maximum Gasteiger partial charge on any atom is 0.234 e. The summed E-state index contributed by atoms with van der Waals surface area (Å²) in [5, 5.41) is 8.50. The highest BCUT2D eigenvalue weighted by Gasteiger charge is 2.16. The Labute approximate surface area is 159 Å². The summed E-state index contributed by atoms with van der Waals surface area (Å²) >= 11 is 1.70. The smallest absolute Gasteiger partial charge is 0.234 e. The van der Waals surface area contributed by atoms with Gasteiger partial charge in [-0.15, -0.1) is 11.3 Å². The fourth-order valence-corrected chi connectivity index (χ4v) is 3.73. The zero-order valence-corrected chi connectivity index (χ0v) is 15.7. The molecule has 2 N–H and O–H groups in total. The first-order valence-electron chi connectivity index (χ1n) is 8.87. The molecular formula is C22H24N2OS. The first kappa shape index (κ1) is 18.4. The van der Waals surface area contributed by atoms with Gasteiger partial charge in [0, 0.05) is 11.4 Å². The number of benzene rings is 2. The first-order chi connectivity index (χ1) is 12.7. The molecule has 1 heterocycles. The molecule has 2 atom stereocenters. The molecule has 0 unspecified atom stereocenters. The van der Waals surface area contributed by atoms with E-state index in [-0.39, 0.29) is 11.9 Å². The van der Waals surface area contributed by atoms with Gasteiger partial charge in [0.1, 0.15) is 0 Å². The fourth-order valence-electron chi connectivity index (χ4n) is 2.91. The normalized spacial score (nSPS) is 13.1. The number of nitrogens with one attached hydrogen (secondary N) is 2. The van der Waals surface area contributed by atoms with Crippen LogP contribution in [0.2, 0.25) is 0 Å². The molecule has 1 aromatic heterocycles. The van der Waals surface area contributed by atoms with Gasteiger partial charge in [0.25, 0.3) is 0 Å². The molecule has 0 spiro atoms. The third-order valence-electron chi connectivity index (χ3n) is 4.40. The number of carbonyl (C=O) groups is 1. The average Bonchev–Trinajstić information content (AvgIpc) is 3.22. The van der Waals surface area contributed by atoms with E-state index < -0.39 is 0 Å². The van der Waals surface area contributed by atoms with E-state index >= 15 is 0 Å². The molecule has 26 heavy (non-hydrogen) atoms. The molecule has 0 saturated heterocycles. The van der Waals surface area contributed by atoms with Crippen molar-refractivity contribution in [3.63, 3.8) is 0 Å². The summed E-state index contributed by atoms with van der Waals surface area (Å²) in [5.41, 5.74) is 2.40.